The summed E-state index contributed by atoms with van der Waals surface area (Å²) in [5, 5.41) is 9.03. The van der Waals surface area contributed by atoms with E-state index in [1.54, 1.807) is 25.1 Å². The van der Waals surface area contributed by atoms with E-state index < -0.39 is 34.0 Å². The molecule has 7 nitrogen and oxygen atoms in total. The van der Waals surface area contributed by atoms with Crippen LogP contribution in [0, 0.1) is 0 Å². The van der Waals surface area contributed by atoms with E-state index in [0.29, 0.717) is 23.6 Å². The zero-order valence-corrected chi connectivity index (χ0v) is 17.2. The van der Waals surface area contributed by atoms with E-state index >= 15 is 0 Å². The molecule has 0 aromatic heterocycles. The average Bonchev–Trinajstić information content (AvgIpc) is 3.04. The van der Waals surface area contributed by atoms with Crippen LogP contribution >= 0.6 is 0 Å². The van der Waals surface area contributed by atoms with Gasteiger partial charge in [0.15, 0.2) is 0 Å². The number of hydrogen-bond acceptors (Lipinski definition) is 5. The smallest absolute Gasteiger partial charge is 0.494 e. The van der Waals surface area contributed by atoms with Gasteiger partial charge in [0.1, 0.15) is 11.5 Å². The van der Waals surface area contributed by atoms with Gasteiger partial charge in [-0.05, 0) is 49.2 Å². The molecule has 0 saturated heterocycles. The summed E-state index contributed by atoms with van der Waals surface area (Å²) < 4.78 is 74.5. The predicted octanol–water partition coefficient (Wildman–Crippen LogP) is 4.14. The number of anilines is 1. The molecule has 0 amide bonds. The Morgan fingerprint density at radius 3 is 2.58 bits per heavy atom. The van der Waals surface area contributed by atoms with E-state index in [4.69, 9.17) is 9.84 Å². The maximum Gasteiger partial charge on any atom is 0.573 e. The first-order valence-corrected chi connectivity index (χ1v) is 10.8. The second kappa shape index (κ2) is 8.66. The Bertz CT molecular complexity index is 1070. The summed E-state index contributed by atoms with van der Waals surface area (Å²) >= 11 is 0. The summed E-state index contributed by atoms with van der Waals surface area (Å²) in [7, 11) is -4.23. The van der Waals surface area contributed by atoms with Crippen molar-refractivity contribution in [1.29, 1.82) is 0 Å². The molecule has 3 rings (SSSR count). The first-order valence-electron chi connectivity index (χ1n) is 9.38. The lowest BCUT2D eigenvalue weighted by Gasteiger charge is -2.21. The van der Waals surface area contributed by atoms with Crippen molar-refractivity contribution in [3.8, 4) is 11.5 Å². The van der Waals surface area contributed by atoms with Crippen molar-refractivity contribution in [3.05, 3.63) is 48.0 Å². The van der Waals surface area contributed by atoms with Crippen molar-refractivity contribution in [2.45, 2.75) is 36.9 Å². The minimum atomic E-state index is -4.96. The van der Waals surface area contributed by atoms with Gasteiger partial charge < -0.3 is 14.6 Å². The van der Waals surface area contributed by atoms with Crippen LogP contribution in [0.2, 0.25) is 0 Å². The van der Waals surface area contributed by atoms with E-state index in [1.807, 2.05) is 0 Å². The van der Waals surface area contributed by atoms with Crippen molar-refractivity contribution in [1.82, 2.24) is 0 Å². The Kier molecular flexibility index (Phi) is 6.35. The largest absolute Gasteiger partial charge is 0.573 e. The highest BCUT2D eigenvalue weighted by atomic mass is 32.2. The van der Waals surface area contributed by atoms with Gasteiger partial charge >= 0.3 is 12.3 Å². The molecule has 1 aliphatic heterocycles. The van der Waals surface area contributed by atoms with Crippen LogP contribution in [0.15, 0.2) is 47.4 Å². The lowest BCUT2D eigenvalue weighted by molar-refractivity contribution is -0.274. The van der Waals surface area contributed by atoms with Crippen LogP contribution in [-0.4, -0.2) is 39.0 Å². The maximum absolute atomic E-state index is 13.3. The molecule has 1 unspecified atom stereocenters. The van der Waals surface area contributed by atoms with E-state index in [9.17, 15) is 26.4 Å². The van der Waals surface area contributed by atoms with Crippen LogP contribution in [0.3, 0.4) is 0 Å². The number of carbonyl (C=O) groups is 1. The number of alkyl halides is 3. The van der Waals surface area contributed by atoms with Crippen molar-refractivity contribution in [3.63, 3.8) is 0 Å². The molecule has 0 fully saturated rings. The lowest BCUT2D eigenvalue weighted by atomic mass is 9.96. The molecule has 168 valence electrons. The van der Waals surface area contributed by atoms with Crippen LogP contribution in [0.25, 0.3) is 0 Å². The fraction of sp³-hybridized carbons (Fsp3) is 0.350. The first-order chi connectivity index (χ1) is 14.5. The van der Waals surface area contributed by atoms with Crippen LogP contribution in [-0.2, 0) is 14.8 Å². The number of hydrogen-bond donors (Lipinski definition) is 1. The summed E-state index contributed by atoms with van der Waals surface area (Å²) in [6.45, 7) is 2.15. The molecule has 2 aromatic rings. The quantitative estimate of drug-likeness (QED) is 0.638. The maximum atomic E-state index is 13.3. The second-order valence-electron chi connectivity index (χ2n) is 6.84. The second-order valence-corrected chi connectivity index (χ2v) is 8.70. The molecule has 2 aromatic carbocycles. The number of carboxylic acid groups (broad SMARTS) is 1. The number of aliphatic carboxylic acids is 1. The number of fused-ring (bicyclic) bond motifs is 1. The highest BCUT2D eigenvalue weighted by Crippen LogP contribution is 2.43. The van der Waals surface area contributed by atoms with Crippen molar-refractivity contribution in [2.24, 2.45) is 0 Å². The van der Waals surface area contributed by atoms with Gasteiger partial charge in [0.2, 0.25) is 0 Å². The third-order valence-corrected chi connectivity index (χ3v) is 6.51. The summed E-state index contributed by atoms with van der Waals surface area (Å²) in [6.07, 6.45) is -4.92. The van der Waals surface area contributed by atoms with Gasteiger partial charge in [0.25, 0.3) is 10.0 Å². The Balaban J connectivity index is 1.98. The van der Waals surface area contributed by atoms with Gasteiger partial charge in [0.05, 0.1) is 17.2 Å². The highest BCUT2D eigenvalue weighted by molar-refractivity contribution is 7.92. The third kappa shape index (κ3) is 5.22. The van der Waals surface area contributed by atoms with Crippen molar-refractivity contribution in [2.75, 3.05) is 17.5 Å². The van der Waals surface area contributed by atoms with Crippen LogP contribution in [0.4, 0.5) is 18.9 Å². The lowest BCUT2D eigenvalue weighted by Crippen LogP contribution is -2.30. The minimum Gasteiger partial charge on any atom is -0.494 e. The molecule has 0 radical (unpaired) electrons. The fourth-order valence-corrected chi connectivity index (χ4v) is 5.04. The number of rotatable bonds is 8. The number of ether oxygens (including phenoxy) is 2. The Morgan fingerprint density at radius 1 is 1.19 bits per heavy atom. The predicted molar refractivity (Wildman–Crippen MR) is 105 cm³/mol. The molecule has 0 spiro atoms. The summed E-state index contributed by atoms with van der Waals surface area (Å²) in [4.78, 5) is 10.7. The zero-order chi connectivity index (χ0) is 22.8. The number of nitrogens with zero attached hydrogens (tertiary/aromatic N) is 1. The highest BCUT2D eigenvalue weighted by Gasteiger charge is 2.38. The molecular weight excluding hydrogens is 439 g/mol. The summed E-state index contributed by atoms with van der Waals surface area (Å²) in [5.74, 6) is -1.56. The molecule has 1 N–H and O–H groups in total. The van der Waals surface area contributed by atoms with Gasteiger partial charge in [-0.1, -0.05) is 6.07 Å². The van der Waals surface area contributed by atoms with E-state index in [-0.39, 0.29) is 24.3 Å². The molecule has 0 aliphatic carbocycles. The Labute approximate surface area is 177 Å². The van der Waals surface area contributed by atoms with E-state index in [0.717, 1.165) is 22.5 Å². The van der Waals surface area contributed by atoms with Gasteiger partial charge in [0, 0.05) is 24.9 Å². The summed E-state index contributed by atoms with van der Waals surface area (Å²) in [5.41, 5.74) is 0.944. The Hall–Kier alpha value is -2.95. The Morgan fingerprint density at radius 2 is 1.94 bits per heavy atom. The monoisotopic (exact) mass is 459 g/mol. The minimum absolute atomic E-state index is 0.0368. The first kappa shape index (κ1) is 22.7. The molecule has 1 aliphatic rings. The molecule has 11 heteroatoms. The molecule has 31 heavy (non-hydrogen) atoms. The normalized spacial score (nSPS) is 16.1. The summed E-state index contributed by atoms with van der Waals surface area (Å²) in [6, 6.07) is 8.96. The number of carboxylic acids is 1. The van der Waals surface area contributed by atoms with Gasteiger partial charge in [-0.3, -0.25) is 9.10 Å². The third-order valence-electron chi connectivity index (χ3n) is 4.74. The van der Waals surface area contributed by atoms with Crippen LogP contribution in [0.1, 0.15) is 31.2 Å². The van der Waals surface area contributed by atoms with E-state index in [2.05, 4.69) is 4.74 Å². The van der Waals surface area contributed by atoms with Gasteiger partial charge in [-0.2, -0.15) is 0 Å². The zero-order valence-electron chi connectivity index (χ0n) is 16.4. The van der Waals surface area contributed by atoms with Crippen molar-refractivity contribution < 1.29 is 41.0 Å². The van der Waals surface area contributed by atoms with Crippen molar-refractivity contribution >= 4 is 21.7 Å². The number of benzene rings is 2. The molecule has 0 saturated carbocycles. The van der Waals surface area contributed by atoms with Crippen LogP contribution in [0.5, 0.6) is 11.5 Å². The van der Waals surface area contributed by atoms with Gasteiger partial charge in [-0.25, -0.2) is 8.42 Å². The van der Waals surface area contributed by atoms with Crippen LogP contribution < -0.4 is 13.8 Å². The number of halogens is 3. The van der Waals surface area contributed by atoms with Gasteiger partial charge in [-0.15, -0.1) is 13.2 Å². The van der Waals surface area contributed by atoms with E-state index in [1.165, 1.54) is 6.07 Å². The standard InChI is InChI=1S/C20H20F3NO6S/c1-2-29-14-7-8-18-17(11-14)13(6-9-19(25)26)12-24(18)31(27,28)16-5-3-4-15(10-16)30-20(21,22)23/h3-5,7-8,10-11,13H,2,6,9,12H2,1H3,(H,25,26). The fourth-order valence-electron chi connectivity index (χ4n) is 3.47. The average molecular weight is 459 g/mol. The SMILES string of the molecule is CCOc1ccc2c(c1)C(CCC(=O)O)CN2S(=O)(=O)c1cccc(OC(F)(F)F)c1. The molecule has 1 heterocycles. The molecule has 1 atom stereocenters. The topological polar surface area (TPSA) is 93.1 Å². The molecular formula is C20H20F3NO6S. The molecule has 0 bridgehead atoms. The number of sulfonamides is 1.